The first-order valence-electron chi connectivity index (χ1n) is 3.50. The smallest absolute Gasteiger partial charge is 0.231 e. The summed E-state index contributed by atoms with van der Waals surface area (Å²) < 4.78 is 10.5. The minimum atomic E-state index is -0.126. The summed E-state index contributed by atoms with van der Waals surface area (Å²) in [5, 5.41) is 9.45. The molecule has 0 saturated heterocycles. The van der Waals surface area contributed by atoms with Crippen molar-refractivity contribution >= 4 is 22.2 Å². The second-order valence-electron chi connectivity index (χ2n) is 2.47. The van der Waals surface area contributed by atoms with E-state index in [9.17, 15) is 9.90 Å². The lowest BCUT2D eigenvalue weighted by Crippen LogP contribution is -1.94. The molecule has 0 spiro atoms. The molecule has 0 amide bonds. The van der Waals surface area contributed by atoms with Gasteiger partial charge >= 0.3 is 0 Å². The van der Waals surface area contributed by atoms with E-state index >= 15 is 0 Å². The molecule has 1 N–H and O–H groups in total. The van der Waals surface area contributed by atoms with Crippen LogP contribution in [0.2, 0.25) is 0 Å². The zero-order valence-corrected chi connectivity index (χ0v) is 8.00. The summed E-state index contributed by atoms with van der Waals surface area (Å²) in [5.74, 6) is 0.640. The molecule has 1 heterocycles. The van der Waals surface area contributed by atoms with E-state index in [4.69, 9.17) is 9.47 Å². The topological polar surface area (TPSA) is 55.8 Å². The fourth-order valence-corrected chi connectivity index (χ4v) is 1.56. The van der Waals surface area contributed by atoms with Gasteiger partial charge in [-0.1, -0.05) is 0 Å². The molecule has 1 aromatic carbocycles. The third-order valence-corrected chi connectivity index (χ3v) is 2.35. The molecule has 68 valence electrons. The third-order valence-electron chi connectivity index (χ3n) is 1.74. The second kappa shape index (κ2) is 2.92. The lowest BCUT2D eigenvalue weighted by atomic mass is 10.2. The van der Waals surface area contributed by atoms with E-state index in [2.05, 4.69) is 15.9 Å². The summed E-state index contributed by atoms with van der Waals surface area (Å²) in [7, 11) is 0. The van der Waals surface area contributed by atoms with Crippen molar-refractivity contribution in [2.75, 3.05) is 6.79 Å². The zero-order valence-electron chi connectivity index (χ0n) is 6.41. The van der Waals surface area contributed by atoms with E-state index in [1.165, 1.54) is 0 Å². The SMILES string of the molecule is O=Cc1c(O)c(Br)cc2c1OCO2. The highest BCUT2D eigenvalue weighted by Gasteiger charge is 2.22. The maximum Gasteiger partial charge on any atom is 0.231 e. The van der Waals surface area contributed by atoms with E-state index in [1.54, 1.807) is 6.07 Å². The van der Waals surface area contributed by atoms with E-state index in [1.807, 2.05) is 0 Å². The number of carbonyl (C=O) groups excluding carboxylic acids is 1. The summed E-state index contributed by atoms with van der Waals surface area (Å²) in [6.45, 7) is 0.0755. The van der Waals surface area contributed by atoms with Crippen LogP contribution in [0.5, 0.6) is 17.2 Å². The molecule has 5 heteroatoms. The summed E-state index contributed by atoms with van der Waals surface area (Å²) in [5.41, 5.74) is 0.113. The first kappa shape index (κ1) is 8.37. The molecular weight excluding hydrogens is 240 g/mol. The zero-order chi connectivity index (χ0) is 9.42. The Kier molecular flexibility index (Phi) is 1.88. The van der Waals surface area contributed by atoms with Crippen molar-refractivity contribution in [3.63, 3.8) is 0 Å². The van der Waals surface area contributed by atoms with Crippen LogP contribution in [-0.2, 0) is 0 Å². The molecule has 13 heavy (non-hydrogen) atoms. The molecule has 4 nitrogen and oxygen atoms in total. The van der Waals surface area contributed by atoms with Crippen molar-refractivity contribution in [2.45, 2.75) is 0 Å². The van der Waals surface area contributed by atoms with Gasteiger partial charge in [0, 0.05) is 6.07 Å². The minimum absolute atomic E-state index is 0.0755. The molecule has 0 aromatic heterocycles. The van der Waals surface area contributed by atoms with E-state index in [-0.39, 0.29) is 18.1 Å². The molecule has 0 bridgehead atoms. The Labute approximate surface area is 82.2 Å². The molecule has 1 aromatic rings. The maximum absolute atomic E-state index is 10.6. The van der Waals surface area contributed by atoms with Crippen LogP contribution >= 0.6 is 15.9 Å². The Bertz CT molecular complexity index is 375. The first-order valence-corrected chi connectivity index (χ1v) is 4.29. The van der Waals surface area contributed by atoms with Crippen molar-refractivity contribution in [1.29, 1.82) is 0 Å². The van der Waals surface area contributed by atoms with Gasteiger partial charge in [0.2, 0.25) is 6.79 Å². The van der Waals surface area contributed by atoms with Gasteiger partial charge in [0.15, 0.2) is 17.8 Å². The van der Waals surface area contributed by atoms with Crippen LogP contribution in [0.3, 0.4) is 0 Å². The van der Waals surface area contributed by atoms with Crippen LogP contribution in [0.15, 0.2) is 10.5 Å². The predicted molar refractivity (Wildman–Crippen MR) is 47.3 cm³/mol. The molecule has 0 saturated carbocycles. The Balaban J connectivity index is 2.71. The summed E-state index contributed by atoms with van der Waals surface area (Å²) in [6, 6.07) is 1.56. The Morgan fingerprint density at radius 1 is 1.54 bits per heavy atom. The Morgan fingerprint density at radius 3 is 3.00 bits per heavy atom. The van der Waals surface area contributed by atoms with Gasteiger partial charge in [-0.3, -0.25) is 4.79 Å². The number of aromatic hydroxyl groups is 1. The first-order chi connectivity index (χ1) is 6.24. The number of carbonyl (C=O) groups is 1. The molecular formula is C8H5BrO4. The molecule has 2 rings (SSSR count). The number of phenolic OH excluding ortho intramolecular Hbond substituents is 1. The average molecular weight is 245 g/mol. The standard InChI is InChI=1S/C8H5BrO4/c9-5-1-6-8(13-3-12-6)4(2-10)7(5)11/h1-2,11H,3H2. The number of hydrogen-bond donors (Lipinski definition) is 1. The Morgan fingerprint density at radius 2 is 2.31 bits per heavy atom. The number of rotatable bonds is 1. The lowest BCUT2D eigenvalue weighted by molar-refractivity contribution is 0.111. The van der Waals surface area contributed by atoms with Crippen molar-refractivity contribution in [1.82, 2.24) is 0 Å². The number of aldehydes is 1. The number of benzene rings is 1. The third kappa shape index (κ3) is 1.16. The Hall–Kier alpha value is -1.23. The van der Waals surface area contributed by atoms with Gasteiger partial charge in [0.1, 0.15) is 11.3 Å². The fraction of sp³-hybridized carbons (Fsp3) is 0.125. The van der Waals surface area contributed by atoms with Crippen LogP contribution in [0, 0.1) is 0 Å². The van der Waals surface area contributed by atoms with Crippen molar-refractivity contribution < 1.29 is 19.4 Å². The molecule has 1 aliphatic heterocycles. The van der Waals surface area contributed by atoms with Crippen LogP contribution < -0.4 is 9.47 Å². The van der Waals surface area contributed by atoms with E-state index < -0.39 is 0 Å². The predicted octanol–water partition coefficient (Wildman–Crippen LogP) is 1.70. The van der Waals surface area contributed by atoms with Gasteiger partial charge in [0.05, 0.1) is 4.47 Å². The van der Waals surface area contributed by atoms with Crippen LogP contribution in [0.4, 0.5) is 0 Å². The fourth-order valence-electron chi connectivity index (χ4n) is 1.14. The average Bonchev–Trinajstić information content (AvgIpc) is 2.54. The van der Waals surface area contributed by atoms with Gasteiger partial charge in [-0.2, -0.15) is 0 Å². The van der Waals surface area contributed by atoms with Crippen LogP contribution in [-0.4, -0.2) is 18.2 Å². The molecule has 1 aliphatic rings. The number of phenols is 1. The number of halogens is 1. The lowest BCUT2D eigenvalue weighted by Gasteiger charge is -2.03. The highest BCUT2D eigenvalue weighted by molar-refractivity contribution is 9.10. The molecule has 0 fully saturated rings. The van der Waals surface area contributed by atoms with Crippen LogP contribution in [0.1, 0.15) is 10.4 Å². The van der Waals surface area contributed by atoms with Gasteiger partial charge in [0.25, 0.3) is 0 Å². The summed E-state index contributed by atoms with van der Waals surface area (Å²) in [4.78, 5) is 10.6. The number of fused-ring (bicyclic) bond motifs is 1. The molecule has 0 atom stereocenters. The van der Waals surface area contributed by atoms with E-state index in [0.717, 1.165) is 0 Å². The minimum Gasteiger partial charge on any atom is -0.506 e. The monoisotopic (exact) mass is 244 g/mol. The van der Waals surface area contributed by atoms with E-state index in [0.29, 0.717) is 22.3 Å². The van der Waals surface area contributed by atoms with Gasteiger partial charge in [-0.15, -0.1) is 0 Å². The molecule has 0 unspecified atom stereocenters. The van der Waals surface area contributed by atoms with Crippen molar-refractivity contribution in [3.05, 3.63) is 16.1 Å². The number of hydrogen-bond acceptors (Lipinski definition) is 4. The van der Waals surface area contributed by atoms with Crippen LogP contribution in [0.25, 0.3) is 0 Å². The maximum atomic E-state index is 10.6. The number of ether oxygens (including phenoxy) is 2. The van der Waals surface area contributed by atoms with Gasteiger partial charge in [-0.25, -0.2) is 0 Å². The normalized spacial score (nSPS) is 13.0. The summed E-state index contributed by atoms with van der Waals surface area (Å²) >= 11 is 3.10. The molecule has 0 aliphatic carbocycles. The highest BCUT2D eigenvalue weighted by Crippen LogP contribution is 2.43. The van der Waals surface area contributed by atoms with Crippen molar-refractivity contribution in [2.24, 2.45) is 0 Å². The summed E-state index contributed by atoms with van der Waals surface area (Å²) in [6.07, 6.45) is 0.535. The largest absolute Gasteiger partial charge is 0.506 e. The van der Waals surface area contributed by atoms with Crippen molar-refractivity contribution in [3.8, 4) is 17.2 Å². The van der Waals surface area contributed by atoms with Gasteiger partial charge < -0.3 is 14.6 Å². The second-order valence-corrected chi connectivity index (χ2v) is 3.33. The molecule has 0 radical (unpaired) electrons. The van der Waals surface area contributed by atoms with Gasteiger partial charge in [-0.05, 0) is 15.9 Å². The quantitative estimate of drug-likeness (QED) is 0.765. The highest BCUT2D eigenvalue weighted by atomic mass is 79.9.